The number of nitrogens with zero attached hydrogens (tertiary/aromatic N) is 1. The summed E-state index contributed by atoms with van der Waals surface area (Å²) in [5.41, 5.74) is 2.53. The van der Waals surface area contributed by atoms with E-state index in [0.29, 0.717) is 6.54 Å². The molecule has 0 saturated carbocycles. The molecule has 1 aromatic carbocycles. The monoisotopic (exact) mass is 292 g/mol. The highest BCUT2D eigenvalue weighted by Crippen LogP contribution is 2.03. The van der Waals surface area contributed by atoms with E-state index in [1.54, 1.807) is 14.1 Å². The summed E-state index contributed by atoms with van der Waals surface area (Å²) in [6.07, 6.45) is 1.03. The minimum atomic E-state index is -0.104. The van der Waals surface area contributed by atoms with Gasteiger partial charge in [0, 0.05) is 19.7 Å². The maximum atomic E-state index is 11.8. The molecule has 2 amide bonds. The molecule has 5 nitrogen and oxygen atoms in total. The van der Waals surface area contributed by atoms with E-state index in [4.69, 9.17) is 0 Å². The Balaban J connectivity index is 2.36. The van der Waals surface area contributed by atoms with Gasteiger partial charge in [0.2, 0.25) is 5.91 Å². The van der Waals surface area contributed by atoms with Crippen molar-refractivity contribution in [3.8, 4) is 0 Å². The molecule has 0 aromatic heterocycles. The van der Waals surface area contributed by atoms with Crippen LogP contribution in [0.1, 0.15) is 18.1 Å². The molecule has 2 N–H and O–H groups in total. The first-order valence-corrected chi connectivity index (χ1v) is 7.28. The topological polar surface area (TPSA) is 53.9 Å². The van der Waals surface area contributed by atoms with Gasteiger partial charge in [-0.25, -0.2) is 0 Å². The Morgan fingerprint density at radius 1 is 1.14 bits per heavy atom. The SMILES string of the molecule is CCc1ccc(C[NH+](C)CC(=O)NCC(=O)N(C)C)cc1. The molecule has 1 rings (SSSR count). The number of benzene rings is 1. The third-order valence-corrected chi connectivity index (χ3v) is 3.34. The Kier molecular flexibility index (Phi) is 6.88. The molecule has 0 aliphatic heterocycles. The molecular formula is C16H26N3O2+. The van der Waals surface area contributed by atoms with Gasteiger partial charge >= 0.3 is 0 Å². The van der Waals surface area contributed by atoms with Crippen LogP contribution in [-0.4, -0.2) is 50.9 Å². The summed E-state index contributed by atoms with van der Waals surface area (Å²) in [6.45, 7) is 3.34. The molecule has 116 valence electrons. The first-order chi connectivity index (χ1) is 9.92. The second-order valence-electron chi connectivity index (χ2n) is 5.55. The number of quaternary nitrogens is 1. The number of rotatable bonds is 7. The number of hydrogen-bond acceptors (Lipinski definition) is 2. The van der Waals surface area contributed by atoms with Crippen molar-refractivity contribution in [1.82, 2.24) is 10.2 Å². The lowest BCUT2D eigenvalue weighted by Gasteiger charge is -2.15. The summed E-state index contributed by atoms with van der Waals surface area (Å²) in [6, 6.07) is 8.46. The number of hydrogen-bond donors (Lipinski definition) is 2. The zero-order chi connectivity index (χ0) is 15.8. The second kappa shape index (κ2) is 8.42. The molecule has 0 aliphatic carbocycles. The van der Waals surface area contributed by atoms with Crippen LogP contribution in [0.3, 0.4) is 0 Å². The van der Waals surface area contributed by atoms with E-state index in [-0.39, 0.29) is 18.4 Å². The molecule has 0 aliphatic rings. The molecule has 1 atom stereocenters. The van der Waals surface area contributed by atoms with E-state index in [0.717, 1.165) is 17.9 Å². The fraction of sp³-hybridized carbons (Fsp3) is 0.500. The van der Waals surface area contributed by atoms with E-state index >= 15 is 0 Å². The van der Waals surface area contributed by atoms with Gasteiger partial charge in [0.05, 0.1) is 13.6 Å². The minimum absolute atomic E-state index is 0.0598. The maximum absolute atomic E-state index is 11.8. The van der Waals surface area contributed by atoms with Gasteiger partial charge in [0.25, 0.3) is 5.91 Å². The van der Waals surface area contributed by atoms with E-state index in [2.05, 4.69) is 36.5 Å². The summed E-state index contributed by atoms with van der Waals surface area (Å²) in [5.74, 6) is -0.205. The van der Waals surface area contributed by atoms with Gasteiger partial charge in [0.15, 0.2) is 6.54 Å². The second-order valence-corrected chi connectivity index (χ2v) is 5.55. The van der Waals surface area contributed by atoms with Gasteiger partial charge in [-0.2, -0.15) is 0 Å². The summed E-state index contributed by atoms with van der Waals surface area (Å²) in [7, 11) is 5.32. The van der Waals surface area contributed by atoms with Crippen LogP contribution in [0.5, 0.6) is 0 Å². The van der Waals surface area contributed by atoms with Crippen LogP contribution < -0.4 is 10.2 Å². The largest absolute Gasteiger partial charge is 0.347 e. The van der Waals surface area contributed by atoms with Crippen LogP contribution in [-0.2, 0) is 22.6 Å². The van der Waals surface area contributed by atoms with Crippen molar-refractivity contribution in [3.63, 3.8) is 0 Å². The molecule has 0 bridgehead atoms. The number of carbonyl (C=O) groups is 2. The predicted molar refractivity (Wildman–Crippen MR) is 83.0 cm³/mol. The first-order valence-electron chi connectivity index (χ1n) is 7.28. The van der Waals surface area contributed by atoms with E-state index < -0.39 is 0 Å². The predicted octanol–water partition coefficient (Wildman–Crippen LogP) is -0.532. The van der Waals surface area contributed by atoms with Gasteiger partial charge in [-0.3, -0.25) is 9.59 Å². The van der Waals surface area contributed by atoms with Crippen LogP contribution in [0.2, 0.25) is 0 Å². The average molecular weight is 292 g/mol. The highest BCUT2D eigenvalue weighted by atomic mass is 16.2. The summed E-state index contributed by atoms with van der Waals surface area (Å²) in [5, 5.41) is 2.65. The number of carbonyl (C=O) groups excluding carboxylic acids is 2. The quantitative estimate of drug-likeness (QED) is 0.710. The van der Waals surface area contributed by atoms with Crippen LogP contribution in [0.25, 0.3) is 0 Å². The molecule has 1 aromatic rings. The number of aryl methyl sites for hydroxylation is 1. The van der Waals surface area contributed by atoms with Crippen molar-refractivity contribution < 1.29 is 14.5 Å². The Morgan fingerprint density at radius 2 is 1.71 bits per heavy atom. The first kappa shape index (κ1) is 17.2. The van der Waals surface area contributed by atoms with Crippen LogP contribution in [0.15, 0.2) is 24.3 Å². The molecule has 0 heterocycles. The molecule has 0 fully saturated rings. The molecule has 21 heavy (non-hydrogen) atoms. The summed E-state index contributed by atoms with van der Waals surface area (Å²) in [4.78, 5) is 25.7. The zero-order valence-electron chi connectivity index (χ0n) is 13.4. The van der Waals surface area contributed by atoms with Crippen LogP contribution >= 0.6 is 0 Å². The summed E-state index contributed by atoms with van der Waals surface area (Å²) >= 11 is 0. The highest BCUT2D eigenvalue weighted by Gasteiger charge is 2.12. The van der Waals surface area contributed by atoms with Crippen molar-refractivity contribution in [2.75, 3.05) is 34.2 Å². The maximum Gasteiger partial charge on any atom is 0.275 e. The third kappa shape index (κ3) is 6.40. The van der Waals surface area contributed by atoms with E-state index in [9.17, 15) is 9.59 Å². The average Bonchev–Trinajstić information content (AvgIpc) is 2.45. The van der Waals surface area contributed by atoms with Crippen molar-refractivity contribution in [3.05, 3.63) is 35.4 Å². The van der Waals surface area contributed by atoms with Gasteiger partial charge in [0.1, 0.15) is 6.54 Å². The fourth-order valence-electron chi connectivity index (χ4n) is 1.97. The third-order valence-electron chi connectivity index (χ3n) is 3.34. The van der Waals surface area contributed by atoms with Gasteiger partial charge in [-0.15, -0.1) is 0 Å². The lowest BCUT2D eigenvalue weighted by Crippen LogP contribution is -3.08. The van der Waals surface area contributed by atoms with Gasteiger partial charge in [-0.05, 0) is 12.0 Å². The Bertz CT molecular complexity index is 469. The minimum Gasteiger partial charge on any atom is -0.347 e. The van der Waals surface area contributed by atoms with Crippen LogP contribution in [0, 0.1) is 0 Å². The van der Waals surface area contributed by atoms with Crippen molar-refractivity contribution in [2.24, 2.45) is 0 Å². The smallest absolute Gasteiger partial charge is 0.275 e. The lowest BCUT2D eigenvalue weighted by atomic mass is 10.1. The normalized spacial score (nSPS) is 11.8. The molecule has 0 radical (unpaired) electrons. The van der Waals surface area contributed by atoms with Crippen molar-refractivity contribution in [1.29, 1.82) is 0 Å². The zero-order valence-corrected chi connectivity index (χ0v) is 13.4. The lowest BCUT2D eigenvalue weighted by molar-refractivity contribution is -0.885. The van der Waals surface area contributed by atoms with E-state index in [1.807, 2.05) is 7.05 Å². The van der Waals surface area contributed by atoms with Crippen molar-refractivity contribution in [2.45, 2.75) is 19.9 Å². The highest BCUT2D eigenvalue weighted by molar-refractivity contribution is 5.84. The molecule has 0 saturated heterocycles. The van der Waals surface area contributed by atoms with Gasteiger partial charge < -0.3 is 15.1 Å². The molecule has 5 heteroatoms. The number of nitrogens with one attached hydrogen (secondary N) is 2. The Labute approximate surface area is 126 Å². The van der Waals surface area contributed by atoms with E-state index in [1.165, 1.54) is 16.0 Å². The molecule has 1 unspecified atom stereocenters. The van der Waals surface area contributed by atoms with Crippen molar-refractivity contribution >= 4 is 11.8 Å². The molecular weight excluding hydrogens is 266 g/mol. The Hall–Kier alpha value is -1.88. The number of likely N-dealkylation sites (N-methyl/N-ethyl adjacent to an activating group) is 2. The fourth-order valence-corrected chi connectivity index (χ4v) is 1.97. The van der Waals surface area contributed by atoms with Gasteiger partial charge in [-0.1, -0.05) is 31.2 Å². The standard InChI is InChI=1S/C16H25N3O2/c1-5-13-6-8-14(9-7-13)11-19(4)12-15(20)17-10-16(21)18(2)3/h6-9H,5,10-12H2,1-4H3,(H,17,20)/p+1. The Morgan fingerprint density at radius 3 is 2.24 bits per heavy atom. The summed E-state index contributed by atoms with van der Waals surface area (Å²) < 4.78 is 0. The van der Waals surface area contributed by atoms with Crippen LogP contribution in [0.4, 0.5) is 0 Å². The molecule has 0 spiro atoms. The number of amides is 2.